The lowest BCUT2D eigenvalue weighted by Crippen LogP contribution is -2.28. The quantitative estimate of drug-likeness (QED) is 0.785. The van der Waals surface area contributed by atoms with Crippen molar-refractivity contribution in [1.29, 1.82) is 0 Å². The normalized spacial score (nSPS) is 13.5. The van der Waals surface area contributed by atoms with Crippen molar-refractivity contribution in [3.8, 4) is 11.1 Å². The van der Waals surface area contributed by atoms with E-state index < -0.39 is 10.0 Å². The summed E-state index contributed by atoms with van der Waals surface area (Å²) in [5.74, 6) is 0. The number of hydrogen-bond acceptors (Lipinski definition) is 2. The Bertz CT molecular complexity index is 962. The van der Waals surface area contributed by atoms with Gasteiger partial charge in [-0.05, 0) is 41.3 Å². The Hall–Kier alpha value is -2.43. The highest BCUT2D eigenvalue weighted by Crippen LogP contribution is 2.43. The van der Waals surface area contributed by atoms with Crippen LogP contribution in [0.5, 0.6) is 0 Å². The first kappa shape index (κ1) is 15.1. The molecule has 4 rings (SSSR count). The van der Waals surface area contributed by atoms with Crippen LogP contribution < -0.4 is 4.72 Å². The lowest BCUT2D eigenvalue weighted by molar-refractivity contribution is 0.573. The molecule has 0 spiro atoms. The number of benzene rings is 3. The van der Waals surface area contributed by atoms with Crippen LogP contribution in [0.25, 0.3) is 11.1 Å². The van der Waals surface area contributed by atoms with Gasteiger partial charge in [0, 0.05) is 0 Å². The Balaban J connectivity index is 1.78. The average Bonchev–Trinajstić information content (AvgIpc) is 2.90. The molecule has 1 N–H and O–H groups in total. The molecule has 0 heterocycles. The Morgan fingerprint density at radius 3 is 1.79 bits per heavy atom. The fourth-order valence-corrected chi connectivity index (χ4v) is 4.42. The van der Waals surface area contributed by atoms with Gasteiger partial charge in [-0.15, -0.1) is 0 Å². The maximum absolute atomic E-state index is 12.8. The second-order valence-corrected chi connectivity index (χ2v) is 7.76. The minimum Gasteiger partial charge on any atom is -0.207 e. The molecule has 0 radical (unpaired) electrons. The zero-order valence-electron chi connectivity index (χ0n) is 13.2. The van der Waals surface area contributed by atoms with Crippen molar-refractivity contribution in [2.45, 2.75) is 17.9 Å². The minimum atomic E-state index is -3.60. The van der Waals surface area contributed by atoms with E-state index in [4.69, 9.17) is 0 Å². The summed E-state index contributed by atoms with van der Waals surface area (Å²) in [5.41, 5.74) is 5.20. The molecular weight excluding hydrogens is 318 g/mol. The third-order valence-electron chi connectivity index (χ3n) is 4.44. The van der Waals surface area contributed by atoms with E-state index in [-0.39, 0.29) is 10.9 Å². The average molecular weight is 335 g/mol. The van der Waals surface area contributed by atoms with Crippen LogP contribution in [0.15, 0.2) is 77.7 Å². The highest BCUT2D eigenvalue weighted by atomic mass is 32.2. The smallest absolute Gasteiger partial charge is 0.207 e. The highest BCUT2D eigenvalue weighted by molar-refractivity contribution is 7.89. The van der Waals surface area contributed by atoms with Crippen LogP contribution >= 0.6 is 0 Å². The van der Waals surface area contributed by atoms with E-state index in [2.05, 4.69) is 4.72 Å². The maximum Gasteiger partial charge on any atom is 0.241 e. The summed E-state index contributed by atoms with van der Waals surface area (Å²) < 4.78 is 28.5. The Labute approximate surface area is 142 Å². The van der Waals surface area contributed by atoms with Crippen LogP contribution in [0.1, 0.15) is 22.7 Å². The molecule has 24 heavy (non-hydrogen) atoms. The van der Waals surface area contributed by atoms with Crippen molar-refractivity contribution in [2.24, 2.45) is 0 Å². The van der Waals surface area contributed by atoms with Gasteiger partial charge in [0.05, 0.1) is 10.9 Å². The molecule has 0 bridgehead atoms. The van der Waals surface area contributed by atoms with E-state index in [0.717, 1.165) is 27.8 Å². The van der Waals surface area contributed by atoms with E-state index >= 15 is 0 Å². The van der Waals surface area contributed by atoms with Crippen molar-refractivity contribution in [2.75, 3.05) is 0 Å². The molecule has 0 aliphatic heterocycles. The molecular formula is C20H17NO2S. The van der Waals surface area contributed by atoms with Gasteiger partial charge in [0.1, 0.15) is 0 Å². The topological polar surface area (TPSA) is 46.2 Å². The number of fused-ring (bicyclic) bond motifs is 3. The van der Waals surface area contributed by atoms with Crippen molar-refractivity contribution in [1.82, 2.24) is 4.72 Å². The predicted octanol–water partition coefficient (Wildman–Crippen LogP) is 4.04. The Morgan fingerprint density at radius 2 is 1.25 bits per heavy atom. The van der Waals surface area contributed by atoms with Gasteiger partial charge in [-0.2, -0.15) is 4.72 Å². The zero-order valence-corrected chi connectivity index (χ0v) is 14.0. The van der Waals surface area contributed by atoms with Gasteiger partial charge < -0.3 is 0 Å². The summed E-state index contributed by atoms with van der Waals surface area (Å²) in [5, 5.41) is 0. The molecule has 120 valence electrons. The first-order valence-corrected chi connectivity index (χ1v) is 9.32. The predicted molar refractivity (Wildman–Crippen MR) is 95.2 cm³/mol. The summed E-state index contributed by atoms with van der Waals surface area (Å²) in [6.45, 7) is 1.94. The first-order valence-electron chi connectivity index (χ1n) is 7.83. The lowest BCUT2D eigenvalue weighted by Gasteiger charge is -2.16. The summed E-state index contributed by atoms with van der Waals surface area (Å²) in [6, 6.07) is 22.4. The molecule has 0 aromatic heterocycles. The molecule has 0 saturated heterocycles. The van der Waals surface area contributed by atoms with Gasteiger partial charge in [0.15, 0.2) is 0 Å². The van der Waals surface area contributed by atoms with Gasteiger partial charge in [0.25, 0.3) is 0 Å². The van der Waals surface area contributed by atoms with Gasteiger partial charge in [-0.25, -0.2) is 8.42 Å². The number of nitrogens with one attached hydrogen (secondary N) is 1. The van der Waals surface area contributed by atoms with Gasteiger partial charge in [-0.3, -0.25) is 0 Å². The van der Waals surface area contributed by atoms with Crippen molar-refractivity contribution < 1.29 is 8.42 Å². The van der Waals surface area contributed by atoms with E-state index in [1.165, 1.54) is 0 Å². The number of aryl methyl sites for hydroxylation is 1. The fraction of sp³-hybridized carbons (Fsp3) is 0.100. The van der Waals surface area contributed by atoms with E-state index in [1.54, 1.807) is 12.1 Å². The molecule has 0 unspecified atom stereocenters. The Morgan fingerprint density at radius 1 is 0.750 bits per heavy atom. The lowest BCUT2D eigenvalue weighted by atomic mass is 10.1. The molecule has 0 amide bonds. The number of rotatable bonds is 3. The van der Waals surface area contributed by atoms with Gasteiger partial charge in [0.2, 0.25) is 10.0 Å². The SMILES string of the molecule is Cc1ccc(S(=O)(=O)NC2c3ccccc3-c3ccccc32)cc1. The second-order valence-electron chi connectivity index (χ2n) is 6.04. The third kappa shape index (κ3) is 2.44. The van der Waals surface area contributed by atoms with Crippen molar-refractivity contribution in [3.63, 3.8) is 0 Å². The van der Waals surface area contributed by atoms with Crippen LogP contribution in [-0.4, -0.2) is 8.42 Å². The van der Waals surface area contributed by atoms with E-state index in [9.17, 15) is 8.42 Å². The molecule has 0 atom stereocenters. The molecule has 0 fully saturated rings. The zero-order chi connectivity index (χ0) is 16.7. The van der Waals surface area contributed by atoms with Crippen molar-refractivity contribution >= 4 is 10.0 Å². The molecule has 4 heteroatoms. The molecule has 0 saturated carbocycles. The molecule has 1 aliphatic carbocycles. The second kappa shape index (κ2) is 5.58. The molecule has 1 aliphatic rings. The van der Waals surface area contributed by atoms with E-state index in [0.29, 0.717) is 0 Å². The number of sulfonamides is 1. The van der Waals surface area contributed by atoms with Crippen LogP contribution in [0.4, 0.5) is 0 Å². The van der Waals surface area contributed by atoms with E-state index in [1.807, 2.05) is 67.6 Å². The minimum absolute atomic E-state index is 0.287. The third-order valence-corrected chi connectivity index (χ3v) is 5.88. The highest BCUT2D eigenvalue weighted by Gasteiger charge is 2.31. The van der Waals surface area contributed by atoms with Crippen LogP contribution in [0.3, 0.4) is 0 Å². The van der Waals surface area contributed by atoms with Crippen LogP contribution in [-0.2, 0) is 10.0 Å². The summed E-state index contributed by atoms with van der Waals surface area (Å²) >= 11 is 0. The standard InChI is InChI=1S/C20H17NO2S/c1-14-10-12-15(13-11-14)24(22,23)21-20-18-8-4-2-6-16(18)17-7-3-5-9-19(17)20/h2-13,20-21H,1H3. The molecule has 3 nitrogen and oxygen atoms in total. The van der Waals surface area contributed by atoms with Crippen LogP contribution in [0, 0.1) is 6.92 Å². The maximum atomic E-state index is 12.8. The fourth-order valence-electron chi connectivity index (χ4n) is 3.22. The van der Waals surface area contributed by atoms with Gasteiger partial charge in [-0.1, -0.05) is 66.2 Å². The summed E-state index contributed by atoms with van der Waals surface area (Å²) in [4.78, 5) is 0.287. The monoisotopic (exact) mass is 335 g/mol. The largest absolute Gasteiger partial charge is 0.241 e. The number of hydrogen-bond donors (Lipinski definition) is 1. The molecule has 3 aromatic carbocycles. The summed E-state index contributed by atoms with van der Waals surface area (Å²) in [7, 11) is -3.60. The van der Waals surface area contributed by atoms with Crippen LogP contribution in [0.2, 0.25) is 0 Å². The first-order chi connectivity index (χ1) is 11.6. The van der Waals surface area contributed by atoms with Crippen molar-refractivity contribution in [3.05, 3.63) is 89.5 Å². The summed E-state index contributed by atoms with van der Waals surface area (Å²) in [6.07, 6.45) is 0. The van der Waals surface area contributed by atoms with Gasteiger partial charge >= 0.3 is 0 Å². The Kier molecular flexibility index (Phi) is 3.52. The molecule has 3 aromatic rings.